The van der Waals surface area contributed by atoms with Gasteiger partial charge in [-0.15, -0.1) is 0 Å². The predicted molar refractivity (Wildman–Crippen MR) is 51.2 cm³/mol. The minimum Gasteiger partial charge on any atom is -0.270 e. The molecular weight excluding hydrogens is 167 g/mol. The highest BCUT2D eigenvalue weighted by Crippen LogP contribution is 2.24. The molecule has 0 aliphatic rings. The van der Waals surface area contributed by atoms with Crippen molar-refractivity contribution in [2.24, 2.45) is 7.05 Å². The van der Waals surface area contributed by atoms with Crippen molar-refractivity contribution in [2.75, 3.05) is 0 Å². The minimum atomic E-state index is 1.12. The van der Waals surface area contributed by atoms with Gasteiger partial charge in [-0.05, 0) is 8.19 Å². The molecule has 1 heterocycles. The predicted octanol–water partition coefficient (Wildman–Crippen LogP) is 2.67. The second-order valence-electron chi connectivity index (χ2n) is 2.61. The summed E-state index contributed by atoms with van der Waals surface area (Å²) in [6.07, 6.45) is 0. The van der Waals surface area contributed by atoms with Crippen LogP contribution in [0.3, 0.4) is 0 Å². The van der Waals surface area contributed by atoms with Crippen LogP contribution < -0.4 is 0 Å². The highest BCUT2D eigenvalue weighted by molar-refractivity contribution is 7.32. The molecule has 0 saturated carbocycles. The summed E-state index contributed by atoms with van der Waals surface area (Å²) in [4.78, 5) is 0. The van der Waals surface area contributed by atoms with E-state index >= 15 is 0 Å². The van der Waals surface area contributed by atoms with Crippen molar-refractivity contribution >= 4 is 8.19 Å². The Hall–Kier alpha value is -1.14. The molecule has 2 rings (SSSR count). The van der Waals surface area contributed by atoms with Crippen LogP contribution in [0.2, 0.25) is 0 Å². The third kappa shape index (κ3) is 1.39. The van der Waals surface area contributed by atoms with Gasteiger partial charge in [0.15, 0.2) is 0 Å². The van der Waals surface area contributed by atoms with Crippen LogP contribution >= 0.6 is 8.19 Å². The second kappa shape index (κ2) is 3.08. The standard InChI is InChI=1S/C9H9N2P/c1-11-7-12-9(10-11)8-5-3-2-4-6-8/h2-7H,1H3. The van der Waals surface area contributed by atoms with Crippen LogP contribution in [0.4, 0.5) is 0 Å². The first kappa shape index (κ1) is 7.51. The number of rotatable bonds is 1. The molecule has 0 aliphatic heterocycles. The van der Waals surface area contributed by atoms with E-state index in [1.165, 1.54) is 13.8 Å². The lowest BCUT2D eigenvalue weighted by molar-refractivity contribution is 0.772. The number of nitrogens with zero attached hydrogens (tertiary/aromatic N) is 2. The molecule has 0 amide bonds. The first-order chi connectivity index (χ1) is 5.86. The summed E-state index contributed by atoms with van der Waals surface area (Å²) in [6.45, 7) is 0. The number of benzene rings is 1. The molecule has 1 aromatic carbocycles. The number of hydrogen-bond donors (Lipinski definition) is 0. The average Bonchev–Trinajstić information content (AvgIpc) is 2.54. The van der Waals surface area contributed by atoms with Crippen molar-refractivity contribution in [3.63, 3.8) is 0 Å². The molecule has 0 spiro atoms. The Bertz CT molecular complexity index is 367. The second-order valence-corrected chi connectivity index (χ2v) is 3.52. The lowest BCUT2D eigenvalue weighted by Gasteiger charge is -1.92. The summed E-state index contributed by atoms with van der Waals surface area (Å²) in [5.74, 6) is 2.04. The Kier molecular flexibility index (Phi) is 1.92. The van der Waals surface area contributed by atoms with Crippen molar-refractivity contribution in [1.29, 1.82) is 0 Å². The minimum absolute atomic E-state index is 1.12. The molecular formula is C9H9N2P. The molecule has 0 unspecified atom stereocenters. The van der Waals surface area contributed by atoms with E-state index < -0.39 is 0 Å². The fourth-order valence-corrected chi connectivity index (χ4v) is 1.88. The number of aromatic nitrogens is 2. The zero-order valence-corrected chi connectivity index (χ0v) is 7.70. The van der Waals surface area contributed by atoms with Gasteiger partial charge in [-0.1, -0.05) is 30.3 Å². The molecule has 1 aromatic heterocycles. The molecule has 0 atom stereocenters. The van der Waals surface area contributed by atoms with E-state index in [0.717, 1.165) is 5.43 Å². The van der Waals surface area contributed by atoms with E-state index in [2.05, 4.69) is 17.2 Å². The zero-order chi connectivity index (χ0) is 8.39. The molecule has 12 heavy (non-hydrogen) atoms. The summed E-state index contributed by atoms with van der Waals surface area (Å²) in [5.41, 5.74) is 2.33. The molecule has 0 bridgehead atoms. The topological polar surface area (TPSA) is 17.8 Å². The zero-order valence-electron chi connectivity index (χ0n) is 6.81. The van der Waals surface area contributed by atoms with Gasteiger partial charge in [0.1, 0.15) is 5.43 Å². The Morgan fingerprint density at radius 1 is 1.25 bits per heavy atom. The third-order valence-electron chi connectivity index (χ3n) is 1.63. The molecule has 0 aliphatic carbocycles. The average molecular weight is 176 g/mol. The van der Waals surface area contributed by atoms with E-state index in [9.17, 15) is 0 Å². The van der Waals surface area contributed by atoms with Gasteiger partial charge in [-0.3, -0.25) is 4.68 Å². The maximum atomic E-state index is 4.34. The normalized spacial score (nSPS) is 10.8. The fraction of sp³-hybridized carbons (Fsp3) is 0.111. The quantitative estimate of drug-likeness (QED) is 0.653. The van der Waals surface area contributed by atoms with Gasteiger partial charge in [0.2, 0.25) is 0 Å². The number of hydrogen-bond acceptors (Lipinski definition) is 1. The van der Waals surface area contributed by atoms with Crippen LogP contribution in [0.15, 0.2) is 36.3 Å². The lowest BCUT2D eigenvalue weighted by Crippen LogP contribution is -1.87. The number of aryl methyl sites for hydroxylation is 1. The monoisotopic (exact) mass is 176 g/mol. The maximum absolute atomic E-state index is 4.34. The third-order valence-corrected chi connectivity index (χ3v) is 2.67. The van der Waals surface area contributed by atoms with Crippen molar-refractivity contribution in [2.45, 2.75) is 0 Å². The largest absolute Gasteiger partial charge is 0.270 e. The van der Waals surface area contributed by atoms with Crippen molar-refractivity contribution in [3.8, 4) is 11.0 Å². The molecule has 60 valence electrons. The van der Waals surface area contributed by atoms with Gasteiger partial charge in [-0.2, -0.15) is 5.10 Å². The van der Waals surface area contributed by atoms with Crippen LogP contribution in [0.5, 0.6) is 0 Å². The Morgan fingerprint density at radius 2 is 2.00 bits per heavy atom. The van der Waals surface area contributed by atoms with Crippen molar-refractivity contribution < 1.29 is 0 Å². The van der Waals surface area contributed by atoms with Crippen LogP contribution in [0.25, 0.3) is 11.0 Å². The summed E-state index contributed by atoms with van der Waals surface area (Å²) in [7, 11) is 3.13. The highest BCUT2D eigenvalue weighted by Gasteiger charge is 1.98. The van der Waals surface area contributed by atoms with E-state index in [1.54, 1.807) is 0 Å². The van der Waals surface area contributed by atoms with E-state index in [-0.39, 0.29) is 0 Å². The van der Waals surface area contributed by atoms with E-state index in [0.29, 0.717) is 0 Å². The molecule has 2 nitrogen and oxygen atoms in total. The van der Waals surface area contributed by atoms with Gasteiger partial charge in [0, 0.05) is 12.6 Å². The van der Waals surface area contributed by atoms with Crippen molar-refractivity contribution in [3.05, 3.63) is 36.3 Å². The fourth-order valence-electron chi connectivity index (χ4n) is 1.06. The van der Waals surface area contributed by atoms with Gasteiger partial charge in [0.05, 0.1) is 5.93 Å². The smallest absolute Gasteiger partial charge is 0.119 e. The summed E-state index contributed by atoms with van der Waals surface area (Å²) >= 11 is 0. The molecule has 0 N–H and O–H groups in total. The molecule has 0 fully saturated rings. The van der Waals surface area contributed by atoms with Gasteiger partial charge >= 0.3 is 0 Å². The van der Waals surface area contributed by atoms with E-state index in [1.807, 2.05) is 35.9 Å². The van der Waals surface area contributed by atoms with Gasteiger partial charge in [0.25, 0.3) is 0 Å². The van der Waals surface area contributed by atoms with Crippen LogP contribution in [-0.2, 0) is 7.05 Å². The Morgan fingerprint density at radius 3 is 2.58 bits per heavy atom. The van der Waals surface area contributed by atoms with Crippen molar-refractivity contribution in [1.82, 2.24) is 9.78 Å². The van der Waals surface area contributed by atoms with Crippen LogP contribution in [-0.4, -0.2) is 9.78 Å². The molecule has 2 aromatic rings. The van der Waals surface area contributed by atoms with Gasteiger partial charge < -0.3 is 0 Å². The summed E-state index contributed by atoms with van der Waals surface area (Å²) in [6, 6.07) is 10.2. The maximum Gasteiger partial charge on any atom is 0.119 e. The summed E-state index contributed by atoms with van der Waals surface area (Å²) < 4.78 is 1.85. The lowest BCUT2D eigenvalue weighted by atomic mass is 10.2. The summed E-state index contributed by atoms with van der Waals surface area (Å²) in [5, 5.41) is 4.34. The van der Waals surface area contributed by atoms with Crippen LogP contribution in [0.1, 0.15) is 0 Å². The Balaban J connectivity index is 2.45. The first-order valence-electron chi connectivity index (χ1n) is 3.77. The van der Waals surface area contributed by atoms with E-state index in [4.69, 9.17) is 0 Å². The molecule has 0 saturated heterocycles. The molecule has 0 radical (unpaired) electrons. The first-order valence-corrected chi connectivity index (χ1v) is 4.74. The Labute approximate surface area is 73.0 Å². The van der Waals surface area contributed by atoms with Crippen LogP contribution in [0, 0.1) is 0 Å². The SMILES string of the molecule is Cn1cpc(-c2ccccc2)n1. The highest BCUT2D eigenvalue weighted by atomic mass is 31.0. The molecule has 3 heteroatoms. The van der Waals surface area contributed by atoms with Gasteiger partial charge in [-0.25, -0.2) is 0 Å².